The zero-order valence-corrected chi connectivity index (χ0v) is 11.7. The maximum Gasteiger partial charge on any atom is 0.282 e. The number of nitrogens with one attached hydrogen (secondary N) is 1. The first-order valence-corrected chi connectivity index (χ1v) is 8.59. The van der Waals surface area contributed by atoms with Crippen molar-refractivity contribution in [2.45, 2.75) is 50.6 Å². The number of rotatable bonds is 3. The van der Waals surface area contributed by atoms with E-state index in [0.29, 0.717) is 25.7 Å². The molecule has 18 heavy (non-hydrogen) atoms. The molecule has 0 aromatic heterocycles. The summed E-state index contributed by atoms with van der Waals surface area (Å²) < 4.78 is 28.7. The zero-order chi connectivity index (χ0) is 12.6. The molecule has 104 valence electrons. The van der Waals surface area contributed by atoms with E-state index in [1.807, 2.05) is 0 Å². The molecule has 1 N–H and O–H groups in total. The van der Waals surface area contributed by atoms with Gasteiger partial charge in [-0.25, -0.2) is 0 Å². The fourth-order valence-corrected chi connectivity index (χ4v) is 5.53. The molecule has 0 aromatic rings. The van der Waals surface area contributed by atoms with Crippen molar-refractivity contribution in [1.29, 1.82) is 0 Å². The van der Waals surface area contributed by atoms with Crippen molar-refractivity contribution in [3.8, 4) is 0 Å². The lowest BCUT2D eigenvalue weighted by Crippen LogP contribution is -2.51. The Bertz CT molecular complexity index is 386. The molecule has 3 saturated heterocycles. The average Bonchev–Trinajstić information content (AvgIpc) is 3.11. The lowest BCUT2D eigenvalue weighted by molar-refractivity contribution is 0.298. The first-order valence-electron chi connectivity index (χ1n) is 7.20. The lowest BCUT2D eigenvalue weighted by atomic mass is 10.1. The highest BCUT2D eigenvalue weighted by Crippen LogP contribution is 2.29. The molecule has 5 nitrogen and oxygen atoms in total. The molecule has 0 aliphatic carbocycles. The Morgan fingerprint density at radius 1 is 0.944 bits per heavy atom. The van der Waals surface area contributed by atoms with Crippen LogP contribution in [0.25, 0.3) is 0 Å². The third-order valence-corrected chi connectivity index (χ3v) is 6.56. The van der Waals surface area contributed by atoms with Crippen LogP contribution < -0.4 is 5.32 Å². The molecule has 3 fully saturated rings. The number of hydrogen-bond acceptors (Lipinski definition) is 3. The molecule has 0 saturated carbocycles. The molecule has 0 spiro atoms. The predicted octanol–water partition coefficient (Wildman–Crippen LogP) is 0.543. The highest BCUT2D eigenvalue weighted by atomic mass is 32.2. The van der Waals surface area contributed by atoms with Crippen molar-refractivity contribution in [1.82, 2.24) is 13.9 Å². The molecule has 3 aliphatic rings. The smallest absolute Gasteiger partial charge is 0.282 e. The summed E-state index contributed by atoms with van der Waals surface area (Å²) in [7, 11) is -3.20. The minimum absolute atomic E-state index is 0.193. The van der Waals surface area contributed by atoms with E-state index >= 15 is 0 Å². The molecule has 0 amide bonds. The van der Waals surface area contributed by atoms with Gasteiger partial charge >= 0.3 is 0 Å². The van der Waals surface area contributed by atoms with Crippen LogP contribution in [0, 0.1) is 0 Å². The van der Waals surface area contributed by atoms with Crippen LogP contribution in [-0.4, -0.2) is 55.3 Å². The van der Waals surface area contributed by atoms with Gasteiger partial charge in [-0.15, -0.1) is 0 Å². The second-order valence-electron chi connectivity index (χ2n) is 5.64. The molecule has 0 radical (unpaired) electrons. The SMILES string of the molecule is O=S(=O)(N1CCCC1)N1CCCC1C1CCCN1. The summed E-state index contributed by atoms with van der Waals surface area (Å²) in [6.07, 6.45) is 6.36. The summed E-state index contributed by atoms with van der Waals surface area (Å²) in [6.45, 7) is 3.17. The first-order chi connectivity index (χ1) is 8.69. The minimum Gasteiger partial charge on any atom is -0.312 e. The van der Waals surface area contributed by atoms with Gasteiger partial charge < -0.3 is 5.32 Å². The molecular formula is C12H23N3O2S. The zero-order valence-electron chi connectivity index (χ0n) is 10.8. The minimum atomic E-state index is -3.20. The van der Waals surface area contributed by atoms with Crippen molar-refractivity contribution in [3.63, 3.8) is 0 Å². The van der Waals surface area contributed by atoms with Gasteiger partial charge in [-0.1, -0.05) is 0 Å². The fraction of sp³-hybridized carbons (Fsp3) is 1.00. The largest absolute Gasteiger partial charge is 0.312 e. The van der Waals surface area contributed by atoms with Crippen molar-refractivity contribution < 1.29 is 8.42 Å². The van der Waals surface area contributed by atoms with E-state index in [2.05, 4.69) is 5.32 Å². The lowest BCUT2D eigenvalue weighted by Gasteiger charge is -2.31. The maximum absolute atomic E-state index is 12.6. The van der Waals surface area contributed by atoms with Crippen LogP contribution >= 0.6 is 0 Å². The topological polar surface area (TPSA) is 52.7 Å². The van der Waals surface area contributed by atoms with E-state index in [9.17, 15) is 8.42 Å². The highest BCUT2D eigenvalue weighted by molar-refractivity contribution is 7.86. The quantitative estimate of drug-likeness (QED) is 0.817. The molecule has 3 rings (SSSR count). The summed E-state index contributed by atoms with van der Waals surface area (Å²) in [6, 6.07) is 0.572. The van der Waals surface area contributed by atoms with E-state index in [-0.39, 0.29) is 6.04 Å². The van der Waals surface area contributed by atoms with Gasteiger partial charge in [0.2, 0.25) is 0 Å². The first kappa shape index (κ1) is 12.8. The van der Waals surface area contributed by atoms with Crippen LogP contribution in [-0.2, 0) is 10.2 Å². The Kier molecular flexibility index (Phi) is 3.62. The van der Waals surface area contributed by atoms with Gasteiger partial charge in [-0.2, -0.15) is 17.0 Å². The van der Waals surface area contributed by atoms with Gasteiger partial charge in [0.05, 0.1) is 0 Å². The highest BCUT2D eigenvalue weighted by Gasteiger charge is 2.42. The van der Waals surface area contributed by atoms with Crippen LogP contribution in [0.2, 0.25) is 0 Å². The number of hydrogen-bond donors (Lipinski definition) is 1. The van der Waals surface area contributed by atoms with Crippen LogP contribution in [0.4, 0.5) is 0 Å². The van der Waals surface area contributed by atoms with Crippen LogP contribution in [0.15, 0.2) is 0 Å². The van der Waals surface area contributed by atoms with Crippen LogP contribution in [0.1, 0.15) is 38.5 Å². The third kappa shape index (κ3) is 2.19. The summed E-state index contributed by atoms with van der Waals surface area (Å²) in [5.74, 6) is 0. The Morgan fingerprint density at radius 3 is 2.39 bits per heavy atom. The Labute approximate surface area is 110 Å². The molecule has 2 atom stereocenters. The van der Waals surface area contributed by atoms with E-state index in [4.69, 9.17) is 0 Å². The number of nitrogens with zero attached hydrogens (tertiary/aromatic N) is 2. The predicted molar refractivity (Wildman–Crippen MR) is 70.5 cm³/mol. The molecule has 6 heteroatoms. The monoisotopic (exact) mass is 273 g/mol. The molecular weight excluding hydrogens is 250 g/mol. The van der Waals surface area contributed by atoms with Gasteiger partial charge in [0.15, 0.2) is 0 Å². The van der Waals surface area contributed by atoms with E-state index < -0.39 is 10.2 Å². The molecule has 3 heterocycles. The summed E-state index contributed by atoms with van der Waals surface area (Å²) in [5.41, 5.74) is 0. The molecule has 0 aromatic carbocycles. The molecule has 0 bridgehead atoms. The summed E-state index contributed by atoms with van der Waals surface area (Å²) in [5, 5.41) is 3.47. The second-order valence-corrected chi connectivity index (χ2v) is 7.52. The van der Waals surface area contributed by atoms with Gasteiger partial charge in [-0.3, -0.25) is 0 Å². The van der Waals surface area contributed by atoms with Crippen LogP contribution in [0.3, 0.4) is 0 Å². The van der Waals surface area contributed by atoms with Crippen molar-refractivity contribution in [2.24, 2.45) is 0 Å². The third-order valence-electron chi connectivity index (χ3n) is 4.50. The Balaban J connectivity index is 1.76. The second kappa shape index (κ2) is 5.07. The summed E-state index contributed by atoms with van der Waals surface area (Å²) in [4.78, 5) is 0. The standard InChI is InChI=1S/C12H23N3O2S/c16-18(17,14-8-1-2-9-14)15-10-4-6-12(15)11-5-3-7-13-11/h11-13H,1-10H2. The maximum atomic E-state index is 12.6. The van der Waals surface area contributed by atoms with E-state index in [1.165, 1.54) is 6.42 Å². The molecule has 3 aliphatic heterocycles. The van der Waals surface area contributed by atoms with Gasteiger partial charge in [0.1, 0.15) is 0 Å². The van der Waals surface area contributed by atoms with Gasteiger partial charge in [0.25, 0.3) is 10.2 Å². The van der Waals surface area contributed by atoms with Crippen molar-refractivity contribution in [3.05, 3.63) is 0 Å². The fourth-order valence-electron chi connectivity index (χ4n) is 3.56. The normalized spacial score (nSPS) is 35.6. The van der Waals surface area contributed by atoms with Crippen LogP contribution in [0.5, 0.6) is 0 Å². The van der Waals surface area contributed by atoms with Gasteiger partial charge in [0, 0.05) is 31.7 Å². The Morgan fingerprint density at radius 2 is 1.72 bits per heavy atom. The van der Waals surface area contributed by atoms with E-state index in [0.717, 1.165) is 38.6 Å². The van der Waals surface area contributed by atoms with Crippen molar-refractivity contribution >= 4 is 10.2 Å². The Hall–Kier alpha value is -0.170. The van der Waals surface area contributed by atoms with Crippen molar-refractivity contribution in [2.75, 3.05) is 26.2 Å². The summed E-state index contributed by atoms with van der Waals surface area (Å²) >= 11 is 0. The van der Waals surface area contributed by atoms with Gasteiger partial charge in [-0.05, 0) is 45.1 Å². The van der Waals surface area contributed by atoms with E-state index in [1.54, 1.807) is 8.61 Å². The molecule has 2 unspecified atom stereocenters. The average molecular weight is 273 g/mol.